The standard InChI is InChI=1S/C9H3Cl3N2O3/c10-3-1-2-6(5(12)4(3)11)13-9(16)7(14-17)8(2)15/h1,17H,(H,13,16). The molecule has 88 valence electrons. The van der Waals surface area contributed by atoms with Gasteiger partial charge in [-0.15, -0.1) is 0 Å². The molecule has 0 aliphatic carbocycles. The highest BCUT2D eigenvalue weighted by Crippen LogP contribution is 2.40. The molecule has 0 saturated carbocycles. The molecular weight excluding hydrogens is 290 g/mol. The van der Waals surface area contributed by atoms with Crippen LogP contribution in [0.5, 0.6) is 0 Å². The smallest absolute Gasteiger partial charge is 0.281 e. The molecule has 0 unspecified atom stereocenters. The monoisotopic (exact) mass is 292 g/mol. The molecule has 1 aromatic rings. The van der Waals surface area contributed by atoms with E-state index in [-0.39, 0.29) is 26.3 Å². The molecule has 0 radical (unpaired) electrons. The van der Waals surface area contributed by atoms with Crippen LogP contribution in [0.25, 0.3) is 0 Å². The molecule has 1 heterocycles. The first-order valence-electron chi connectivity index (χ1n) is 4.23. The molecule has 1 aromatic carbocycles. The topological polar surface area (TPSA) is 78.8 Å². The van der Waals surface area contributed by atoms with E-state index in [9.17, 15) is 9.59 Å². The largest absolute Gasteiger partial charge is 0.410 e. The summed E-state index contributed by atoms with van der Waals surface area (Å²) < 4.78 is 0. The van der Waals surface area contributed by atoms with Gasteiger partial charge in [0.25, 0.3) is 5.91 Å². The van der Waals surface area contributed by atoms with Crippen molar-refractivity contribution in [2.45, 2.75) is 0 Å². The van der Waals surface area contributed by atoms with Gasteiger partial charge >= 0.3 is 0 Å². The lowest BCUT2D eigenvalue weighted by atomic mass is 10.00. The van der Waals surface area contributed by atoms with Gasteiger partial charge in [0.15, 0.2) is 0 Å². The van der Waals surface area contributed by atoms with Crippen molar-refractivity contribution in [2.75, 3.05) is 5.32 Å². The van der Waals surface area contributed by atoms with Crippen LogP contribution in [0.2, 0.25) is 15.1 Å². The number of anilines is 1. The quantitative estimate of drug-likeness (QED) is 0.438. The molecular formula is C9H3Cl3N2O3. The first-order valence-corrected chi connectivity index (χ1v) is 5.36. The van der Waals surface area contributed by atoms with Gasteiger partial charge in [0.1, 0.15) is 0 Å². The molecule has 1 aliphatic rings. The third-order valence-electron chi connectivity index (χ3n) is 2.18. The van der Waals surface area contributed by atoms with Crippen molar-refractivity contribution in [1.29, 1.82) is 0 Å². The minimum atomic E-state index is -0.856. The van der Waals surface area contributed by atoms with E-state index in [0.29, 0.717) is 0 Å². The summed E-state index contributed by atoms with van der Waals surface area (Å²) in [6.07, 6.45) is 0. The number of amides is 1. The fraction of sp³-hybridized carbons (Fsp3) is 0. The van der Waals surface area contributed by atoms with Crippen LogP contribution in [-0.4, -0.2) is 22.6 Å². The number of fused-ring (bicyclic) bond motifs is 1. The van der Waals surface area contributed by atoms with Gasteiger partial charge in [-0.3, -0.25) is 9.59 Å². The fourth-order valence-corrected chi connectivity index (χ4v) is 2.04. The van der Waals surface area contributed by atoms with Crippen LogP contribution < -0.4 is 5.32 Å². The number of ketones is 1. The van der Waals surface area contributed by atoms with Crippen molar-refractivity contribution in [3.8, 4) is 0 Å². The number of carbonyl (C=O) groups excluding carboxylic acids is 2. The lowest BCUT2D eigenvalue weighted by Gasteiger charge is -2.18. The van der Waals surface area contributed by atoms with Crippen molar-refractivity contribution in [2.24, 2.45) is 5.16 Å². The Kier molecular flexibility index (Phi) is 2.99. The minimum absolute atomic E-state index is 0.0248. The SMILES string of the molecule is O=C1Nc2c(cc(Cl)c(Cl)c2Cl)C(=O)C1=NO. The van der Waals surface area contributed by atoms with E-state index in [1.165, 1.54) is 6.07 Å². The van der Waals surface area contributed by atoms with Crippen molar-refractivity contribution < 1.29 is 14.8 Å². The van der Waals surface area contributed by atoms with Crippen LogP contribution >= 0.6 is 34.8 Å². The molecule has 0 saturated heterocycles. The number of halogens is 3. The molecule has 0 fully saturated rings. The summed E-state index contributed by atoms with van der Waals surface area (Å²) in [7, 11) is 0. The highest BCUT2D eigenvalue weighted by atomic mass is 35.5. The number of rotatable bonds is 0. The lowest BCUT2D eigenvalue weighted by molar-refractivity contribution is -0.110. The number of carbonyl (C=O) groups is 2. The Balaban J connectivity index is 2.74. The number of nitrogens with zero attached hydrogens (tertiary/aromatic N) is 1. The van der Waals surface area contributed by atoms with Crippen molar-refractivity contribution in [3.63, 3.8) is 0 Å². The van der Waals surface area contributed by atoms with Gasteiger partial charge in [0, 0.05) is 0 Å². The molecule has 1 aliphatic heterocycles. The Morgan fingerprint density at radius 3 is 2.41 bits per heavy atom. The van der Waals surface area contributed by atoms with Gasteiger partial charge in [-0.2, -0.15) is 0 Å². The number of nitrogens with one attached hydrogen (secondary N) is 1. The third-order valence-corrected chi connectivity index (χ3v) is 3.44. The Labute approximate surface area is 110 Å². The summed E-state index contributed by atoms with van der Waals surface area (Å²) in [4.78, 5) is 23.2. The first kappa shape index (κ1) is 12.2. The van der Waals surface area contributed by atoms with Gasteiger partial charge in [0.05, 0.1) is 26.3 Å². The Morgan fingerprint density at radius 2 is 1.82 bits per heavy atom. The van der Waals surface area contributed by atoms with Crippen LogP contribution in [-0.2, 0) is 4.79 Å². The summed E-state index contributed by atoms with van der Waals surface area (Å²) >= 11 is 17.4. The van der Waals surface area contributed by atoms with Gasteiger partial charge in [0.2, 0.25) is 11.5 Å². The molecule has 5 nitrogen and oxygen atoms in total. The van der Waals surface area contributed by atoms with Gasteiger partial charge < -0.3 is 10.5 Å². The first-order chi connectivity index (χ1) is 7.97. The zero-order valence-electron chi connectivity index (χ0n) is 7.92. The average molecular weight is 293 g/mol. The van der Waals surface area contributed by atoms with E-state index in [1.807, 2.05) is 0 Å². The van der Waals surface area contributed by atoms with Crippen LogP contribution in [0.15, 0.2) is 11.2 Å². The maximum Gasteiger partial charge on any atom is 0.281 e. The fourth-order valence-electron chi connectivity index (χ4n) is 1.39. The molecule has 0 bridgehead atoms. The van der Waals surface area contributed by atoms with E-state index in [0.717, 1.165) is 0 Å². The van der Waals surface area contributed by atoms with E-state index in [4.69, 9.17) is 40.0 Å². The second-order valence-electron chi connectivity index (χ2n) is 3.14. The van der Waals surface area contributed by atoms with E-state index in [2.05, 4.69) is 10.5 Å². The number of benzene rings is 1. The second-order valence-corrected chi connectivity index (χ2v) is 4.30. The molecule has 0 atom stereocenters. The molecule has 2 rings (SSSR count). The Bertz CT molecular complexity index is 583. The van der Waals surface area contributed by atoms with Crippen molar-refractivity contribution in [1.82, 2.24) is 0 Å². The normalized spacial score (nSPS) is 17.0. The van der Waals surface area contributed by atoms with E-state index in [1.54, 1.807) is 0 Å². The third kappa shape index (κ3) is 1.76. The molecule has 0 spiro atoms. The molecule has 1 amide bonds. The van der Waals surface area contributed by atoms with Gasteiger partial charge in [-0.25, -0.2) is 0 Å². The highest BCUT2D eigenvalue weighted by Gasteiger charge is 2.33. The molecule has 2 N–H and O–H groups in total. The zero-order valence-corrected chi connectivity index (χ0v) is 10.2. The predicted molar refractivity (Wildman–Crippen MR) is 63.7 cm³/mol. The molecule has 0 aromatic heterocycles. The maximum absolute atomic E-state index is 11.8. The Hall–Kier alpha value is -1.30. The Morgan fingerprint density at radius 1 is 1.18 bits per heavy atom. The van der Waals surface area contributed by atoms with Crippen LogP contribution in [0, 0.1) is 0 Å². The lowest BCUT2D eigenvalue weighted by Crippen LogP contribution is -2.36. The highest BCUT2D eigenvalue weighted by molar-refractivity contribution is 6.73. The average Bonchev–Trinajstić information content (AvgIpc) is 2.29. The summed E-state index contributed by atoms with van der Waals surface area (Å²) in [5.41, 5.74) is -0.549. The summed E-state index contributed by atoms with van der Waals surface area (Å²) in [6, 6.07) is 1.25. The van der Waals surface area contributed by atoms with Crippen LogP contribution in [0.1, 0.15) is 10.4 Å². The van der Waals surface area contributed by atoms with Crippen LogP contribution in [0.4, 0.5) is 5.69 Å². The number of hydrogen-bond acceptors (Lipinski definition) is 4. The zero-order chi connectivity index (χ0) is 12.7. The second kappa shape index (κ2) is 4.18. The summed E-state index contributed by atoms with van der Waals surface area (Å²) in [5.74, 6) is -1.63. The van der Waals surface area contributed by atoms with Gasteiger partial charge in [-0.1, -0.05) is 40.0 Å². The van der Waals surface area contributed by atoms with Gasteiger partial charge in [-0.05, 0) is 6.07 Å². The van der Waals surface area contributed by atoms with Crippen molar-refractivity contribution in [3.05, 3.63) is 26.7 Å². The van der Waals surface area contributed by atoms with E-state index < -0.39 is 17.4 Å². The molecule has 17 heavy (non-hydrogen) atoms. The minimum Gasteiger partial charge on any atom is -0.410 e. The predicted octanol–water partition coefficient (Wildman–Crippen LogP) is 2.61. The maximum atomic E-state index is 11.8. The number of Topliss-reactive ketones (excluding diaryl/α,β-unsaturated/α-hetero) is 1. The molecule has 8 heteroatoms. The summed E-state index contributed by atoms with van der Waals surface area (Å²) in [5, 5.41) is 13.6. The van der Waals surface area contributed by atoms with E-state index >= 15 is 0 Å². The number of hydrogen-bond donors (Lipinski definition) is 2. The number of oxime groups is 1. The van der Waals surface area contributed by atoms with Crippen molar-refractivity contribution >= 4 is 57.9 Å². The van der Waals surface area contributed by atoms with Crippen LogP contribution in [0.3, 0.4) is 0 Å². The summed E-state index contributed by atoms with van der Waals surface area (Å²) in [6.45, 7) is 0.